The number of hydrogen-bond donors (Lipinski definition) is 1. The average Bonchev–Trinajstić information content (AvgIpc) is 2.70. The van der Waals surface area contributed by atoms with Gasteiger partial charge in [0, 0.05) is 31.7 Å². The molecule has 0 unspecified atom stereocenters. The highest BCUT2D eigenvalue weighted by Gasteiger charge is 2.34. The van der Waals surface area contributed by atoms with Gasteiger partial charge in [-0.2, -0.15) is 0 Å². The van der Waals surface area contributed by atoms with E-state index in [1.807, 2.05) is 0 Å². The molecule has 1 N–H and O–H groups in total. The van der Waals surface area contributed by atoms with E-state index in [-0.39, 0.29) is 5.41 Å². The first-order chi connectivity index (χ1) is 10.2. The highest BCUT2D eigenvalue weighted by Crippen LogP contribution is 2.39. The van der Waals surface area contributed by atoms with Crippen LogP contribution in [0.5, 0.6) is 0 Å². The monoisotopic (exact) mass is 297 g/mol. The molecule has 2 nitrogen and oxygen atoms in total. The molecule has 1 aliphatic rings. The lowest BCUT2D eigenvalue weighted by Gasteiger charge is -2.34. The van der Waals surface area contributed by atoms with E-state index in [4.69, 9.17) is 4.74 Å². The molecule has 0 aromatic heterocycles. The summed E-state index contributed by atoms with van der Waals surface area (Å²) in [7, 11) is 1.67. The third-order valence-electron chi connectivity index (χ3n) is 4.51. The summed E-state index contributed by atoms with van der Waals surface area (Å²) in [4.78, 5) is 0. The Bertz CT molecular complexity index is 442. The first-order valence-corrected chi connectivity index (χ1v) is 7.83. The smallest absolute Gasteiger partial charge is 0.129 e. The van der Waals surface area contributed by atoms with Gasteiger partial charge in [0.05, 0.1) is 6.61 Å². The molecule has 4 heteroatoms. The van der Waals surface area contributed by atoms with Crippen LogP contribution in [-0.2, 0) is 10.2 Å². The SMILES string of the molecule is COCCNCC1(c2ccc(F)cc2F)CCCCCC1. The fourth-order valence-electron chi connectivity index (χ4n) is 3.37. The van der Waals surface area contributed by atoms with Gasteiger partial charge < -0.3 is 10.1 Å². The lowest BCUT2D eigenvalue weighted by molar-refractivity contribution is 0.195. The lowest BCUT2D eigenvalue weighted by atomic mass is 9.74. The summed E-state index contributed by atoms with van der Waals surface area (Å²) in [6.07, 6.45) is 6.50. The van der Waals surface area contributed by atoms with Crippen molar-refractivity contribution in [3.05, 3.63) is 35.4 Å². The molecule has 1 saturated carbocycles. The molecule has 0 atom stereocenters. The molecule has 1 aliphatic carbocycles. The Labute approximate surface area is 125 Å². The van der Waals surface area contributed by atoms with Crippen LogP contribution in [0.25, 0.3) is 0 Å². The topological polar surface area (TPSA) is 21.3 Å². The van der Waals surface area contributed by atoms with Crippen molar-refractivity contribution in [2.24, 2.45) is 0 Å². The van der Waals surface area contributed by atoms with E-state index >= 15 is 0 Å². The van der Waals surface area contributed by atoms with Crippen molar-refractivity contribution in [3.63, 3.8) is 0 Å². The van der Waals surface area contributed by atoms with Crippen molar-refractivity contribution in [3.8, 4) is 0 Å². The summed E-state index contributed by atoms with van der Waals surface area (Å²) in [5.41, 5.74) is 0.442. The average molecular weight is 297 g/mol. The van der Waals surface area contributed by atoms with E-state index in [1.165, 1.54) is 18.9 Å². The van der Waals surface area contributed by atoms with Crippen LogP contribution < -0.4 is 5.32 Å². The first-order valence-electron chi connectivity index (χ1n) is 7.83. The van der Waals surface area contributed by atoms with Crippen LogP contribution in [0.1, 0.15) is 44.1 Å². The Hall–Kier alpha value is -1.00. The molecular formula is C17H25F2NO. The number of nitrogens with one attached hydrogen (secondary N) is 1. The largest absolute Gasteiger partial charge is 0.383 e. The number of halogens is 2. The van der Waals surface area contributed by atoms with Crippen molar-refractivity contribution in [1.82, 2.24) is 5.32 Å². The van der Waals surface area contributed by atoms with Crippen molar-refractivity contribution in [1.29, 1.82) is 0 Å². The van der Waals surface area contributed by atoms with Crippen molar-refractivity contribution >= 4 is 0 Å². The minimum Gasteiger partial charge on any atom is -0.383 e. The first kappa shape index (κ1) is 16.4. The van der Waals surface area contributed by atoms with Gasteiger partial charge in [-0.1, -0.05) is 31.7 Å². The number of rotatable bonds is 6. The molecule has 0 amide bonds. The minimum absolute atomic E-state index is 0.220. The Kier molecular flexibility index (Phi) is 6.12. The maximum Gasteiger partial charge on any atom is 0.129 e. The Morgan fingerprint density at radius 3 is 2.48 bits per heavy atom. The normalized spacial score (nSPS) is 18.4. The molecular weight excluding hydrogens is 272 g/mol. The highest BCUT2D eigenvalue weighted by atomic mass is 19.1. The van der Waals surface area contributed by atoms with Crippen LogP contribution in [0, 0.1) is 11.6 Å². The molecule has 118 valence electrons. The summed E-state index contributed by atoms with van der Waals surface area (Å²) < 4.78 is 32.5. The Morgan fingerprint density at radius 1 is 1.14 bits per heavy atom. The maximum absolute atomic E-state index is 14.3. The van der Waals surface area contributed by atoms with Gasteiger partial charge in [-0.3, -0.25) is 0 Å². The van der Waals surface area contributed by atoms with E-state index in [9.17, 15) is 8.78 Å². The van der Waals surface area contributed by atoms with Crippen LogP contribution in [0.2, 0.25) is 0 Å². The second kappa shape index (κ2) is 7.85. The lowest BCUT2D eigenvalue weighted by Crippen LogP contribution is -2.40. The predicted molar refractivity (Wildman–Crippen MR) is 80.5 cm³/mol. The van der Waals surface area contributed by atoms with Crippen molar-refractivity contribution in [2.45, 2.75) is 43.9 Å². The number of ether oxygens (including phenoxy) is 1. The Balaban J connectivity index is 2.21. The van der Waals surface area contributed by atoms with Gasteiger partial charge in [0.1, 0.15) is 11.6 Å². The quantitative estimate of drug-likeness (QED) is 0.637. The third-order valence-corrected chi connectivity index (χ3v) is 4.51. The van der Waals surface area contributed by atoms with Crippen molar-refractivity contribution in [2.75, 3.05) is 26.8 Å². The van der Waals surface area contributed by atoms with Gasteiger partial charge in [-0.25, -0.2) is 8.78 Å². The van der Waals surface area contributed by atoms with E-state index in [1.54, 1.807) is 13.2 Å². The number of benzene rings is 1. The molecule has 1 fully saturated rings. The summed E-state index contributed by atoms with van der Waals surface area (Å²) in [5.74, 6) is -0.919. The number of methoxy groups -OCH3 is 1. The van der Waals surface area contributed by atoms with Crippen LogP contribution in [-0.4, -0.2) is 26.8 Å². The highest BCUT2D eigenvalue weighted by molar-refractivity contribution is 5.28. The van der Waals surface area contributed by atoms with Gasteiger partial charge in [-0.05, 0) is 24.5 Å². The zero-order valence-corrected chi connectivity index (χ0v) is 12.8. The number of hydrogen-bond acceptors (Lipinski definition) is 2. The summed E-state index contributed by atoms with van der Waals surface area (Å²) in [6, 6.07) is 4.02. The zero-order chi connectivity index (χ0) is 15.1. The fourth-order valence-corrected chi connectivity index (χ4v) is 3.37. The fraction of sp³-hybridized carbons (Fsp3) is 0.647. The molecule has 1 aromatic carbocycles. The van der Waals surface area contributed by atoms with E-state index < -0.39 is 11.6 Å². The zero-order valence-electron chi connectivity index (χ0n) is 12.8. The van der Waals surface area contributed by atoms with E-state index in [0.717, 1.165) is 44.8 Å². The molecule has 0 saturated heterocycles. The molecule has 1 aromatic rings. The molecule has 0 aliphatic heterocycles. The van der Waals surface area contributed by atoms with Crippen molar-refractivity contribution < 1.29 is 13.5 Å². The second-order valence-corrected chi connectivity index (χ2v) is 5.99. The maximum atomic E-state index is 14.3. The van der Waals surface area contributed by atoms with Gasteiger partial charge in [0.25, 0.3) is 0 Å². The van der Waals surface area contributed by atoms with Gasteiger partial charge in [0.15, 0.2) is 0 Å². The van der Waals surface area contributed by atoms with Crippen LogP contribution in [0.4, 0.5) is 8.78 Å². The molecule has 21 heavy (non-hydrogen) atoms. The van der Waals surface area contributed by atoms with E-state index in [2.05, 4.69) is 5.32 Å². The second-order valence-electron chi connectivity index (χ2n) is 5.99. The van der Waals surface area contributed by atoms with Crippen LogP contribution >= 0.6 is 0 Å². The summed E-state index contributed by atoms with van der Waals surface area (Å²) in [6.45, 7) is 2.11. The molecule has 2 rings (SSSR count). The van der Waals surface area contributed by atoms with Gasteiger partial charge >= 0.3 is 0 Å². The summed E-state index contributed by atoms with van der Waals surface area (Å²) >= 11 is 0. The van der Waals surface area contributed by atoms with Crippen LogP contribution in [0.15, 0.2) is 18.2 Å². The van der Waals surface area contributed by atoms with Gasteiger partial charge in [-0.15, -0.1) is 0 Å². The Morgan fingerprint density at radius 2 is 1.86 bits per heavy atom. The third kappa shape index (κ3) is 4.24. The molecule has 0 heterocycles. The summed E-state index contributed by atoms with van der Waals surface area (Å²) in [5, 5.41) is 3.38. The predicted octanol–water partition coefficient (Wildman–Crippen LogP) is 3.79. The standard InChI is InChI=1S/C17H25F2NO/c1-21-11-10-20-13-17(8-4-2-3-5-9-17)15-7-6-14(18)12-16(15)19/h6-7,12,20H,2-5,8-11,13H2,1H3. The minimum atomic E-state index is -0.507. The van der Waals surface area contributed by atoms with Crippen LogP contribution in [0.3, 0.4) is 0 Å². The molecule has 0 spiro atoms. The van der Waals surface area contributed by atoms with Gasteiger partial charge in [0.2, 0.25) is 0 Å². The van der Waals surface area contributed by atoms with E-state index in [0.29, 0.717) is 12.2 Å². The molecule has 0 radical (unpaired) electrons. The molecule has 0 bridgehead atoms.